The summed E-state index contributed by atoms with van der Waals surface area (Å²) >= 11 is 4.85. The summed E-state index contributed by atoms with van der Waals surface area (Å²) in [4.78, 5) is 13.2. The maximum atomic E-state index is 12.5. The molecule has 0 aliphatic carbocycles. The summed E-state index contributed by atoms with van der Waals surface area (Å²) in [5.74, 6) is 1.15. The van der Waals surface area contributed by atoms with Crippen LogP contribution < -0.4 is 10.1 Å². The minimum atomic E-state index is -0.251. The van der Waals surface area contributed by atoms with E-state index in [4.69, 9.17) is 4.74 Å². The molecule has 0 saturated carbocycles. The molecular weight excluding hydrogens is 454 g/mol. The SMILES string of the molecule is COc1ccc(Br)cc1/C=C/C(=O)Nc1ccccc1-c1nn2c(C)nnc2s1. The molecule has 2 aromatic heterocycles. The lowest BCUT2D eigenvalue weighted by Crippen LogP contribution is -2.08. The van der Waals surface area contributed by atoms with Crippen LogP contribution in [0.5, 0.6) is 5.75 Å². The average molecular weight is 470 g/mol. The molecule has 4 aromatic rings. The van der Waals surface area contributed by atoms with Gasteiger partial charge < -0.3 is 10.1 Å². The number of rotatable bonds is 5. The number of aryl methyl sites for hydroxylation is 1. The number of benzene rings is 2. The first-order chi connectivity index (χ1) is 14.0. The van der Waals surface area contributed by atoms with E-state index >= 15 is 0 Å². The number of carbonyl (C=O) groups excluding carboxylic acids is 1. The molecule has 0 aliphatic heterocycles. The third kappa shape index (κ3) is 4.06. The predicted octanol–water partition coefficient (Wildman–Crippen LogP) is 4.58. The topological polar surface area (TPSA) is 81.4 Å². The van der Waals surface area contributed by atoms with Crippen molar-refractivity contribution in [1.82, 2.24) is 19.8 Å². The average Bonchev–Trinajstić information content (AvgIpc) is 3.29. The van der Waals surface area contributed by atoms with Crippen molar-refractivity contribution >= 4 is 49.9 Å². The highest BCUT2D eigenvalue weighted by Gasteiger charge is 2.14. The molecule has 0 fully saturated rings. The molecule has 0 spiro atoms. The molecule has 0 bridgehead atoms. The van der Waals surface area contributed by atoms with Crippen molar-refractivity contribution in [2.24, 2.45) is 0 Å². The number of hydrogen-bond acceptors (Lipinski definition) is 6. The third-order valence-electron chi connectivity index (χ3n) is 4.17. The number of hydrogen-bond donors (Lipinski definition) is 1. The van der Waals surface area contributed by atoms with Crippen molar-refractivity contribution in [2.75, 3.05) is 12.4 Å². The van der Waals surface area contributed by atoms with Crippen LogP contribution in [0, 0.1) is 6.92 Å². The van der Waals surface area contributed by atoms with Crippen LogP contribution in [0.3, 0.4) is 0 Å². The van der Waals surface area contributed by atoms with Crippen molar-refractivity contribution in [3.05, 3.63) is 64.4 Å². The van der Waals surface area contributed by atoms with E-state index in [-0.39, 0.29) is 5.91 Å². The van der Waals surface area contributed by atoms with Crippen LogP contribution in [-0.4, -0.2) is 32.8 Å². The fourth-order valence-electron chi connectivity index (χ4n) is 2.78. The summed E-state index contributed by atoms with van der Waals surface area (Å²) < 4.78 is 7.93. The van der Waals surface area contributed by atoms with Crippen molar-refractivity contribution < 1.29 is 9.53 Å². The predicted molar refractivity (Wildman–Crippen MR) is 117 cm³/mol. The van der Waals surface area contributed by atoms with Gasteiger partial charge in [0.1, 0.15) is 10.8 Å². The monoisotopic (exact) mass is 469 g/mol. The molecule has 0 saturated heterocycles. The Labute approximate surface area is 179 Å². The van der Waals surface area contributed by atoms with Crippen LogP contribution in [0.25, 0.3) is 21.6 Å². The summed E-state index contributed by atoms with van der Waals surface area (Å²) in [5.41, 5.74) is 2.30. The van der Waals surface area contributed by atoms with E-state index < -0.39 is 0 Å². The Bertz CT molecular complexity index is 1230. The van der Waals surface area contributed by atoms with Crippen LogP contribution in [-0.2, 0) is 4.79 Å². The number of amides is 1. The smallest absolute Gasteiger partial charge is 0.248 e. The first kappa shape index (κ1) is 19.3. The van der Waals surface area contributed by atoms with Gasteiger partial charge in [0.25, 0.3) is 0 Å². The lowest BCUT2D eigenvalue weighted by molar-refractivity contribution is -0.111. The normalized spacial score (nSPS) is 11.3. The number of nitrogens with one attached hydrogen (secondary N) is 1. The van der Waals surface area contributed by atoms with E-state index in [1.54, 1.807) is 17.7 Å². The van der Waals surface area contributed by atoms with Gasteiger partial charge in [-0.05, 0) is 43.3 Å². The van der Waals surface area contributed by atoms with Gasteiger partial charge in [-0.1, -0.05) is 39.4 Å². The molecular formula is C20H16BrN5O2S. The number of fused-ring (bicyclic) bond motifs is 1. The van der Waals surface area contributed by atoms with Crippen LogP contribution in [0.1, 0.15) is 11.4 Å². The maximum Gasteiger partial charge on any atom is 0.248 e. The molecule has 0 unspecified atom stereocenters. The molecule has 0 radical (unpaired) electrons. The Morgan fingerprint density at radius 3 is 2.86 bits per heavy atom. The van der Waals surface area contributed by atoms with Crippen LogP contribution in [0.15, 0.2) is 53.0 Å². The Hall–Kier alpha value is -3.04. The van der Waals surface area contributed by atoms with E-state index in [0.717, 1.165) is 26.4 Å². The minimum Gasteiger partial charge on any atom is -0.496 e. The third-order valence-corrected chi connectivity index (χ3v) is 5.59. The van der Waals surface area contributed by atoms with Crippen molar-refractivity contribution in [3.8, 4) is 16.3 Å². The van der Waals surface area contributed by atoms with Gasteiger partial charge >= 0.3 is 0 Å². The van der Waals surface area contributed by atoms with E-state index in [1.165, 1.54) is 17.4 Å². The van der Waals surface area contributed by atoms with Gasteiger partial charge in [-0.25, -0.2) is 0 Å². The summed E-state index contributed by atoms with van der Waals surface area (Å²) in [6.07, 6.45) is 3.19. The van der Waals surface area contributed by atoms with Gasteiger partial charge in [-0.2, -0.15) is 9.61 Å². The van der Waals surface area contributed by atoms with Crippen molar-refractivity contribution in [2.45, 2.75) is 6.92 Å². The number of aromatic nitrogens is 4. The van der Waals surface area contributed by atoms with Gasteiger partial charge in [0, 0.05) is 21.7 Å². The highest BCUT2D eigenvalue weighted by molar-refractivity contribution is 9.10. The number of anilines is 1. The van der Waals surface area contributed by atoms with Gasteiger partial charge in [-0.15, -0.1) is 10.2 Å². The second-order valence-electron chi connectivity index (χ2n) is 6.10. The first-order valence-electron chi connectivity index (χ1n) is 8.66. The molecule has 7 nitrogen and oxygen atoms in total. The maximum absolute atomic E-state index is 12.5. The number of para-hydroxylation sites is 1. The van der Waals surface area contributed by atoms with E-state index in [9.17, 15) is 4.79 Å². The van der Waals surface area contributed by atoms with E-state index in [2.05, 4.69) is 36.5 Å². The standard InChI is InChI=1S/C20H16BrN5O2S/c1-12-23-24-20-26(12)25-19(29-20)15-5-3-4-6-16(15)22-18(27)10-7-13-11-14(21)8-9-17(13)28-2/h3-11H,1-2H3,(H,22,27)/b10-7+. The lowest BCUT2D eigenvalue weighted by atomic mass is 10.1. The fraction of sp³-hybridized carbons (Fsp3) is 0.100. The highest BCUT2D eigenvalue weighted by atomic mass is 79.9. The van der Waals surface area contributed by atoms with Crippen LogP contribution in [0.2, 0.25) is 0 Å². The zero-order valence-electron chi connectivity index (χ0n) is 15.6. The van der Waals surface area contributed by atoms with Gasteiger partial charge in [0.15, 0.2) is 5.82 Å². The zero-order chi connectivity index (χ0) is 20.4. The lowest BCUT2D eigenvalue weighted by Gasteiger charge is -2.08. The molecule has 4 rings (SSSR count). The fourth-order valence-corrected chi connectivity index (χ4v) is 4.08. The Morgan fingerprint density at radius 1 is 1.24 bits per heavy atom. The van der Waals surface area contributed by atoms with Gasteiger partial charge in [0.2, 0.25) is 10.9 Å². The van der Waals surface area contributed by atoms with Crippen molar-refractivity contribution in [1.29, 1.82) is 0 Å². The summed E-state index contributed by atoms with van der Waals surface area (Å²) in [6.45, 7) is 1.85. The number of ether oxygens (including phenoxy) is 1. The van der Waals surface area contributed by atoms with Gasteiger partial charge in [-0.3, -0.25) is 4.79 Å². The molecule has 2 heterocycles. The molecule has 2 aromatic carbocycles. The van der Waals surface area contributed by atoms with Crippen LogP contribution in [0.4, 0.5) is 5.69 Å². The number of carbonyl (C=O) groups is 1. The number of nitrogens with zero attached hydrogens (tertiary/aromatic N) is 4. The number of halogens is 1. The van der Waals surface area contributed by atoms with Gasteiger partial charge in [0.05, 0.1) is 12.8 Å². The molecule has 0 aliphatic rings. The second kappa shape index (κ2) is 8.14. The molecule has 9 heteroatoms. The minimum absolute atomic E-state index is 0.251. The summed E-state index contributed by atoms with van der Waals surface area (Å²) in [7, 11) is 1.60. The van der Waals surface area contributed by atoms with E-state index in [0.29, 0.717) is 16.4 Å². The second-order valence-corrected chi connectivity index (χ2v) is 7.97. The summed E-state index contributed by atoms with van der Waals surface area (Å²) in [6, 6.07) is 13.1. The van der Waals surface area contributed by atoms with Crippen molar-refractivity contribution in [3.63, 3.8) is 0 Å². The van der Waals surface area contributed by atoms with E-state index in [1.807, 2.05) is 49.4 Å². The molecule has 1 N–H and O–H groups in total. The zero-order valence-corrected chi connectivity index (χ0v) is 18.0. The Morgan fingerprint density at radius 2 is 2.07 bits per heavy atom. The highest BCUT2D eigenvalue weighted by Crippen LogP contribution is 2.31. The molecule has 146 valence electrons. The Kier molecular flexibility index (Phi) is 5.41. The largest absolute Gasteiger partial charge is 0.496 e. The van der Waals surface area contributed by atoms with Crippen LogP contribution >= 0.6 is 27.3 Å². The first-order valence-corrected chi connectivity index (χ1v) is 10.3. The molecule has 29 heavy (non-hydrogen) atoms. The molecule has 0 atom stereocenters. The quantitative estimate of drug-likeness (QED) is 0.432. The molecule has 1 amide bonds. The number of methoxy groups -OCH3 is 1. The summed E-state index contributed by atoms with van der Waals surface area (Å²) in [5, 5.41) is 16.3. The Balaban J connectivity index is 1.59.